The Morgan fingerprint density at radius 2 is 1.68 bits per heavy atom. The second-order valence-corrected chi connectivity index (χ2v) is 9.54. The average molecular weight is 397 g/mol. The Morgan fingerprint density at radius 3 is 2.36 bits per heavy atom. The Balaban J connectivity index is 1.71. The number of benzene rings is 2. The van der Waals surface area contributed by atoms with E-state index in [0.717, 1.165) is 12.8 Å². The van der Waals surface area contributed by atoms with Crippen LogP contribution in [0.15, 0.2) is 82.4 Å². The van der Waals surface area contributed by atoms with Crippen LogP contribution in [0, 0.1) is 5.41 Å². The SMILES string of the molecule is O=S(=O)(c1ccccc1)N1CCC2=C/C(=N\O)CCC2(Cc2ccccc2)C1. The van der Waals surface area contributed by atoms with Crippen molar-refractivity contribution in [3.05, 3.63) is 77.9 Å². The Kier molecular flexibility index (Phi) is 5.08. The van der Waals surface area contributed by atoms with E-state index >= 15 is 0 Å². The number of nitrogens with zero attached hydrogens (tertiary/aromatic N) is 2. The highest BCUT2D eigenvalue weighted by Gasteiger charge is 2.44. The van der Waals surface area contributed by atoms with Crippen molar-refractivity contribution in [2.75, 3.05) is 13.1 Å². The van der Waals surface area contributed by atoms with Crippen molar-refractivity contribution in [1.82, 2.24) is 4.31 Å². The van der Waals surface area contributed by atoms with Gasteiger partial charge in [0.25, 0.3) is 0 Å². The van der Waals surface area contributed by atoms with Crippen molar-refractivity contribution in [1.29, 1.82) is 0 Å². The molecule has 0 bridgehead atoms. The summed E-state index contributed by atoms with van der Waals surface area (Å²) in [6.07, 6.45) is 4.82. The van der Waals surface area contributed by atoms with Gasteiger partial charge in [0.05, 0.1) is 10.6 Å². The van der Waals surface area contributed by atoms with Crippen molar-refractivity contribution < 1.29 is 13.6 Å². The zero-order valence-electron chi connectivity index (χ0n) is 15.7. The standard InChI is InChI=1S/C22H24N2O3S/c25-23-20-11-13-22(16-18-7-3-1-4-8-18)17-24(14-12-19(22)15-20)28(26,27)21-9-5-2-6-10-21/h1-10,15,25H,11-14,16-17H2/b23-20-. The van der Waals surface area contributed by atoms with Crippen LogP contribution in [-0.2, 0) is 16.4 Å². The molecule has 146 valence electrons. The fourth-order valence-corrected chi connectivity index (χ4v) is 5.95. The zero-order valence-corrected chi connectivity index (χ0v) is 16.5. The molecule has 1 unspecified atom stereocenters. The number of allylic oxidation sites excluding steroid dienone is 1. The van der Waals surface area contributed by atoms with Gasteiger partial charge in [-0.1, -0.05) is 59.3 Å². The van der Waals surface area contributed by atoms with Crippen LogP contribution in [0.5, 0.6) is 0 Å². The van der Waals surface area contributed by atoms with Gasteiger partial charge < -0.3 is 5.21 Å². The zero-order chi connectivity index (χ0) is 19.6. The summed E-state index contributed by atoms with van der Waals surface area (Å²) in [5.74, 6) is 0. The van der Waals surface area contributed by atoms with E-state index in [1.165, 1.54) is 11.1 Å². The topological polar surface area (TPSA) is 70.0 Å². The lowest BCUT2D eigenvalue weighted by Gasteiger charge is -2.46. The first-order chi connectivity index (χ1) is 13.5. The van der Waals surface area contributed by atoms with Gasteiger partial charge in [0, 0.05) is 18.5 Å². The first-order valence-electron chi connectivity index (χ1n) is 9.55. The van der Waals surface area contributed by atoms with Crippen LogP contribution >= 0.6 is 0 Å². The lowest BCUT2D eigenvalue weighted by Crippen LogP contribution is -2.49. The number of hydrogen-bond acceptors (Lipinski definition) is 4. The molecule has 2 aromatic carbocycles. The van der Waals surface area contributed by atoms with Crippen LogP contribution in [0.25, 0.3) is 0 Å². The van der Waals surface area contributed by atoms with Crippen molar-refractivity contribution >= 4 is 15.7 Å². The Morgan fingerprint density at radius 1 is 1.00 bits per heavy atom. The molecule has 1 aliphatic heterocycles. The summed E-state index contributed by atoms with van der Waals surface area (Å²) in [6.45, 7) is 0.891. The number of sulfonamides is 1. The molecule has 1 N–H and O–H groups in total. The third-order valence-electron chi connectivity index (χ3n) is 5.89. The summed E-state index contributed by atoms with van der Waals surface area (Å²) < 4.78 is 28.1. The normalized spacial score (nSPS) is 24.6. The average Bonchev–Trinajstić information content (AvgIpc) is 2.74. The lowest BCUT2D eigenvalue weighted by atomic mass is 9.66. The van der Waals surface area contributed by atoms with E-state index in [1.807, 2.05) is 30.3 Å². The highest BCUT2D eigenvalue weighted by molar-refractivity contribution is 7.89. The molecule has 1 aliphatic carbocycles. The van der Waals surface area contributed by atoms with Crippen LogP contribution in [0.3, 0.4) is 0 Å². The molecule has 6 heteroatoms. The number of hydrogen-bond donors (Lipinski definition) is 1. The highest BCUT2D eigenvalue weighted by atomic mass is 32.2. The Labute approximate surface area is 166 Å². The van der Waals surface area contributed by atoms with Crippen molar-refractivity contribution in [2.24, 2.45) is 10.6 Å². The molecule has 28 heavy (non-hydrogen) atoms. The van der Waals surface area contributed by atoms with Crippen molar-refractivity contribution in [3.63, 3.8) is 0 Å². The largest absolute Gasteiger partial charge is 0.411 e. The second-order valence-electron chi connectivity index (χ2n) is 7.61. The van der Waals surface area contributed by atoms with Gasteiger partial charge in [-0.15, -0.1) is 0 Å². The number of rotatable bonds is 4. The first kappa shape index (κ1) is 18.9. The van der Waals surface area contributed by atoms with E-state index in [1.54, 1.807) is 28.6 Å². The molecule has 5 nitrogen and oxygen atoms in total. The smallest absolute Gasteiger partial charge is 0.243 e. The number of fused-ring (bicyclic) bond motifs is 1. The number of oxime groups is 1. The van der Waals surface area contributed by atoms with Gasteiger partial charge in [0.1, 0.15) is 0 Å². The van der Waals surface area contributed by atoms with E-state index in [0.29, 0.717) is 36.5 Å². The van der Waals surface area contributed by atoms with E-state index in [4.69, 9.17) is 0 Å². The van der Waals surface area contributed by atoms with Crippen LogP contribution in [0.2, 0.25) is 0 Å². The van der Waals surface area contributed by atoms with E-state index in [9.17, 15) is 13.6 Å². The van der Waals surface area contributed by atoms with Gasteiger partial charge >= 0.3 is 0 Å². The molecule has 1 heterocycles. The maximum atomic E-state index is 13.2. The summed E-state index contributed by atoms with van der Waals surface area (Å²) in [5, 5.41) is 12.6. The molecule has 0 radical (unpaired) electrons. The maximum Gasteiger partial charge on any atom is 0.243 e. The van der Waals surface area contributed by atoms with Crippen molar-refractivity contribution in [2.45, 2.75) is 30.6 Å². The minimum absolute atomic E-state index is 0.268. The molecule has 2 aromatic rings. The molecule has 1 saturated heterocycles. The predicted octanol–water partition coefficient (Wildman–Crippen LogP) is 3.86. The van der Waals surface area contributed by atoms with Gasteiger partial charge in [-0.3, -0.25) is 0 Å². The minimum atomic E-state index is -3.54. The van der Waals surface area contributed by atoms with Crippen LogP contribution in [-0.4, -0.2) is 36.7 Å². The van der Waals surface area contributed by atoms with Crippen LogP contribution in [0.1, 0.15) is 24.8 Å². The monoisotopic (exact) mass is 396 g/mol. The summed E-state index contributed by atoms with van der Waals surface area (Å²) in [5.41, 5.74) is 2.79. The Hall–Kier alpha value is -2.44. The molecule has 0 amide bonds. The van der Waals surface area contributed by atoms with Gasteiger partial charge in [-0.05, 0) is 49.5 Å². The number of piperidine rings is 1. The maximum absolute atomic E-state index is 13.2. The molecule has 4 rings (SSSR count). The highest BCUT2D eigenvalue weighted by Crippen LogP contribution is 2.46. The molecule has 2 aliphatic rings. The van der Waals surface area contributed by atoms with Gasteiger partial charge in [0.2, 0.25) is 10.0 Å². The summed E-state index contributed by atoms with van der Waals surface area (Å²) in [7, 11) is -3.54. The molecular formula is C22H24N2O3S. The minimum Gasteiger partial charge on any atom is -0.411 e. The van der Waals surface area contributed by atoms with Crippen LogP contribution < -0.4 is 0 Å². The molecule has 0 aromatic heterocycles. The van der Waals surface area contributed by atoms with Gasteiger partial charge in [-0.25, -0.2) is 8.42 Å². The van der Waals surface area contributed by atoms with E-state index in [-0.39, 0.29) is 5.41 Å². The van der Waals surface area contributed by atoms with Crippen LogP contribution in [0.4, 0.5) is 0 Å². The Bertz CT molecular complexity index is 1000. The third-order valence-corrected chi connectivity index (χ3v) is 7.75. The molecular weight excluding hydrogens is 372 g/mol. The molecule has 0 spiro atoms. The molecule has 0 saturated carbocycles. The summed E-state index contributed by atoms with van der Waals surface area (Å²) >= 11 is 0. The molecule has 1 fully saturated rings. The van der Waals surface area contributed by atoms with E-state index < -0.39 is 10.0 Å². The summed E-state index contributed by atoms with van der Waals surface area (Å²) in [6, 6.07) is 18.8. The quantitative estimate of drug-likeness (QED) is 0.630. The third kappa shape index (κ3) is 3.50. The summed E-state index contributed by atoms with van der Waals surface area (Å²) in [4.78, 5) is 0.339. The molecule has 1 atom stereocenters. The van der Waals surface area contributed by atoms with Gasteiger partial charge in [-0.2, -0.15) is 4.31 Å². The fraction of sp³-hybridized carbons (Fsp3) is 0.318. The fourth-order valence-electron chi connectivity index (χ4n) is 4.40. The second kappa shape index (κ2) is 7.53. The predicted molar refractivity (Wildman–Crippen MR) is 109 cm³/mol. The lowest BCUT2D eigenvalue weighted by molar-refractivity contribution is 0.196. The van der Waals surface area contributed by atoms with E-state index in [2.05, 4.69) is 17.3 Å². The van der Waals surface area contributed by atoms with Crippen molar-refractivity contribution in [3.8, 4) is 0 Å². The first-order valence-corrected chi connectivity index (χ1v) is 11.0. The van der Waals surface area contributed by atoms with Gasteiger partial charge in [0.15, 0.2) is 0 Å².